The van der Waals surface area contributed by atoms with E-state index in [1.54, 1.807) is 0 Å². The summed E-state index contributed by atoms with van der Waals surface area (Å²) in [4.78, 5) is 0. The highest BCUT2D eigenvalue weighted by Crippen LogP contribution is 2.44. The van der Waals surface area contributed by atoms with Crippen LogP contribution < -0.4 is 0 Å². The molecule has 0 aliphatic heterocycles. The highest BCUT2D eigenvalue weighted by Gasteiger charge is 2.19. The molecule has 0 unspecified atom stereocenters. The second-order valence-electron chi connectivity index (χ2n) is 15.3. The number of benzene rings is 12. The Balaban J connectivity index is 1.05. The molecule has 0 radical (unpaired) electrons. The molecule has 0 atom stereocenters. The van der Waals surface area contributed by atoms with Crippen LogP contribution in [-0.4, -0.2) is 4.57 Å². The zero-order valence-electron chi connectivity index (χ0n) is 29.8. The van der Waals surface area contributed by atoms with Gasteiger partial charge in [0.05, 0.1) is 11.0 Å². The highest BCUT2D eigenvalue weighted by molar-refractivity contribution is 6.27. The molecular formula is C54H31N. The molecule has 252 valence electrons. The first-order chi connectivity index (χ1) is 27.2. The molecule has 1 nitrogen and oxygen atoms in total. The van der Waals surface area contributed by atoms with Crippen LogP contribution in [0.4, 0.5) is 0 Å². The molecule has 0 spiro atoms. The van der Waals surface area contributed by atoms with Crippen molar-refractivity contribution in [1.29, 1.82) is 0 Å². The minimum Gasteiger partial charge on any atom is -0.309 e. The minimum atomic E-state index is 1.16. The van der Waals surface area contributed by atoms with Gasteiger partial charge in [0.1, 0.15) is 0 Å². The third-order valence-corrected chi connectivity index (χ3v) is 12.4. The van der Waals surface area contributed by atoms with Crippen molar-refractivity contribution in [2.75, 3.05) is 0 Å². The molecule has 0 aliphatic carbocycles. The van der Waals surface area contributed by atoms with Crippen LogP contribution in [-0.2, 0) is 0 Å². The molecule has 0 amide bonds. The van der Waals surface area contributed by atoms with E-state index < -0.39 is 0 Å². The van der Waals surface area contributed by atoms with Crippen molar-refractivity contribution in [3.63, 3.8) is 0 Å². The average Bonchev–Trinajstić information content (AvgIpc) is 3.59. The molecular weight excluding hydrogens is 663 g/mol. The maximum absolute atomic E-state index is 2.46. The van der Waals surface area contributed by atoms with Gasteiger partial charge in [-0.05, 0) is 146 Å². The van der Waals surface area contributed by atoms with Gasteiger partial charge in [-0.2, -0.15) is 0 Å². The van der Waals surface area contributed by atoms with Crippen molar-refractivity contribution in [2.24, 2.45) is 0 Å². The van der Waals surface area contributed by atoms with Gasteiger partial charge in [0.25, 0.3) is 0 Å². The lowest BCUT2D eigenvalue weighted by Gasteiger charge is -2.14. The molecule has 0 saturated heterocycles. The number of nitrogens with zero attached hydrogens (tertiary/aromatic N) is 1. The van der Waals surface area contributed by atoms with E-state index in [-0.39, 0.29) is 0 Å². The SMILES string of the molecule is c1ccc(-n2c3cc(-c4cc5ccc6cccc7ccc(c4)c5c67)ccc3c3c4cccc(-c5cc6ccc7cccc8ccc(c5)c6c78)c4ccc32)cc1. The Kier molecular flexibility index (Phi) is 5.69. The summed E-state index contributed by atoms with van der Waals surface area (Å²) in [5, 5.41) is 20.9. The van der Waals surface area contributed by atoms with Gasteiger partial charge in [0.2, 0.25) is 0 Å². The third-order valence-electron chi connectivity index (χ3n) is 12.4. The summed E-state index contributed by atoms with van der Waals surface area (Å²) in [5.41, 5.74) is 8.56. The predicted octanol–water partition coefficient (Wildman–Crippen LogP) is 15.1. The summed E-state index contributed by atoms with van der Waals surface area (Å²) < 4.78 is 2.46. The van der Waals surface area contributed by atoms with Crippen molar-refractivity contribution in [2.45, 2.75) is 0 Å². The van der Waals surface area contributed by atoms with E-state index in [1.807, 2.05) is 0 Å². The fourth-order valence-electron chi connectivity index (χ4n) is 9.99. The second kappa shape index (κ2) is 10.7. The number of hydrogen-bond donors (Lipinski definition) is 0. The quantitative estimate of drug-likeness (QED) is 0.162. The van der Waals surface area contributed by atoms with Gasteiger partial charge >= 0.3 is 0 Å². The van der Waals surface area contributed by atoms with E-state index in [4.69, 9.17) is 0 Å². The first kappa shape index (κ1) is 29.3. The molecule has 55 heavy (non-hydrogen) atoms. The average molecular weight is 694 g/mol. The van der Waals surface area contributed by atoms with Crippen molar-refractivity contribution >= 4 is 97.2 Å². The molecule has 0 N–H and O–H groups in total. The normalized spacial score (nSPS) is 12.4. The Bertz CT molecular complexity index is 3570. The topological polar surface area (TPSA) is 4.93 Å². The van der Waals surface area contributed by atoms with Gasteiger partial charge < -0.3 is 4.57 Å². The van der Waals surface area contributed by atoms with Crippen LogP contribution in [0.25, 0.3) is 125 Å². The van der Waals surface area contributed by atoms with Crippen molar-refractivity contribution < 1.29 is 0 Å². The molecule has 13 aromatic rings. The number of rotatable bonds is 3. The summed E-state index contributed by atoms with van der Waals surface area (Å²) >= 11 is 0. The Hall–Kier alpha value is -7.22. The fourth-order valence-corrected chi connectivity index (χ4v) is 9.99. The Morgan fingerprint density at radius 1 is 0.255 bits per heavy atom. The highest BCUT2D eigenvalue weighted by atomic mass is 15.0. The van der Waals surface area contributed by atoms with E-state index in [9.17, 15) is 0 Å². The van der Waals surface area contributed by atoms with Crippen LogP contribution in [0.15, 0.2) is 188 Å². The lowest BCUT2D eigenvalue weighted by Crippen LogP contribution is -1.93. The zero-order valence-corrected chi connectivity index (χ0v) is 29.8. The summed E-state index contributed by atoms with van der Waals surface area (Å²) in [6.07, 6.45) is 0. The van der Waals surface area contributed by atoms with Crippen molar-refractivity contribution in [3.05, 3.63) is 188 Å². The van der Waals surface area contributed by atoms with E-state index in [1.165, 1.54) is 119 Å². The summed E-state index contributed by atoms with van der Waals surface area (Å²) in [7, 11) is 0. The van der Waals surface area contributed by atoms with Crippen LogP contribution in [0, 0.1) is 0 Å². The van der Waals surface area contributed by atoms with Crippen LogP contribution >= 0.6 is 0 Å². The lowest BCUT2D eigenvalue weighted by atomic mass is 9.89. The monoisotopic (exact) mass is 693 g/mol. The maximum Gasteiger partial charge on any atom is 0.0547 e. The molecule has 0 fully saturated rings. The van der Waals surface area contributed by atoms with Crippen LogP contribution in [0.3, 0.4) is 0 Å². The van der Waals surface area contributed by atoms with Crippen LogP contribution in [0.2, 0.25) is 0 Å². The van der Waals surface area contributed by atoms with Crippen molar-refractivity contribution in [1.82, 2.24) is 4.57 Å². The first-order valence-electron chi connectivity index (χ1n) is 19.2. The van der Waals surface area contributed by atoms with Gasteiger partial charge in [-0.15, -0.1) is 0 Å². The van der Waals surface area contributed by atoms with E-state index >= 15 is 0 Å². The largest absolute Gasteiger partial charge is 0.309 e. The fraction of sp³-hybridized carbons (Fsp3) is 0. The Labute approximate surface area is 316 Å². The molecule has 13 rings (SSSR count). The third kappa shape index (κ3) is 4.02. The molecule has 1 heterocycles. The van der Waals surface area contributed by atoms with Gasteiger partial charge in [-0.25, -0.2) is 0 Å². The summed E-state index contributed by atoms with van der Waals surface area (Å²) in [6.45, 7) is 0. The molecule has 1 heteroatoms. The van der Waals surface area contributed by atoms with Crippen LogP contribution in [0.5, 0.6) is 0 Å². The smallest absolute Gasteiger partial charge is 0.0547 e. The molecule has 0 saturated carbocycles. The van der Waals surface area contributed by atoms with E-state index in [2.05, 4.69) is 193 Å². The Morgan fingerprint density at radius 2 is 0.764 bits per heavy atom. The predicted molar refractivity (Wildman–Crippen MR) is 237 cm³/mol. The lowest BCUT2D eigenvalue weighted by molar-refractivity contribution is 1.18. The van der Waals surface area contributed by atoms with Crippen molar-refractivity contribution in [3.8, 4) is 27.9 Å². The van der Waals surface area contributed by atoms with Gasteiger partial charge in [0.15, 0.2) is 0 Å². The standard InChI is InChI=1S/C54H31N/c1-2-11-43(12-3-1)55-48-26-25-45-44(42-29-39-21-17-34-9-5-10-35-18-22-40(30-42)53(39)51(34)35)13-6-14-46(45)54(48)47-24-23-36(31-49(47)55)41-27-37-19-15-32-7-4-8-33-16-20-38(28-41)52(37)50(32)33/h1-31H. The van der Waals surface area contributed by atoms with Gasteiger partial charge in [-0.1, -0.05) is 140 Å². The Morgan fingerprint density at radius 3 is 1.36 bits per heavy atom. The van der Waals surface area contributed by atoms with Crippen LogP contribution in [0.1, 0.15) is 0 Å². The summed E-state index contributed by atoms with van der Waals surface area (Å²) in [5.74, 6) is 0. The molecule has 1 aromatic heterocycles. The zero-order chi connectivity index (χ0) is 35.8. The summed E-state index contributed by atoms with van der Waals surface area (Å²) in [6, 6.07) is 70.5. The number of fused-ring (bicyclic) bond motifs is 5. The van der Waals surface area contributed by atoms with Gasteiger partial charge in [-0.3, -0.25) is 0 Å². The molecule has 0 aliphatic rings. The second-order valence-corrected chi connectivity index (χ2v) is 15.3. The van der Waals surface area contributed by atoms with E-state index in [0.717, 1.165) is 5.69 Å². The molecule has 0 bridgehead atoms. The number of aromatic nitrogens is 1. The first-order valence-corrected chi connectivity index (χ1v) is 19.2. The van der Waals surface area contributed by atoms with E-state index in [0.29, 0.717) is 0 Å². The van der Waals surface area contributed by atoms with Gasteiger partial charge in [0, 0.05) is 16.5 Å². The molecule has 12 aromatic carbocycles. The maximum atomic E-state index is 2.46. The number of hydrogen-bond acceptors (Lipinski definition) is 0. The minimum absolute atomic E-state index is 1.16. The number of para-hydroxylation sites is 1.